The zero-order valence-electron chi connectivity index (χ0n) is 12.9. The summed E-state index contributed by atoms with van der Waals surface area (Å²) < 4.78 is 40.7. The lowest BCUT2D eigenvalue weighted by atomic mass is 10.0. The van der Waals surface area contributed by atoms with Gasteiger partial charge in [0.1, 0.15) is 5.69 Å². The van der Waals surface area contributed by atoms with Crippen LogP contribution in [0.3, 0.4) is 0 Å². The second-order valence-corrected chi connectivity index (χ2v) is 6.19. The number of hydrogen-bond acceptors (Lipinski definition) is 4. The van der Waals surface area contributed by atoms with E-state index < -0.39 is 27.4 Å². The number of piperidine rings is 1. The summed E-state index contributed by atoms with van der Waals surface area (Å²) in [5.74, 6) is 0. The minimum absolute atomic E-state index is 0.113. The lowest BCUT2D eigenvalue weighted by Gasteiger charge is -2.33. The third-order valence-corrected chi connectivity index (χ3v) is 4.58. The molecular formula is C15H14ClF3N4O2. The number of rotatable bonds is 3. The van der Waals surface area contributed by atoms with Crippen molar-refractivity contribution in [1.29, 1.82) is 0 Å². The molecule has 3 rings (SSSR count). The topological polar surface area (TPSA) is 64.2 Å². The van der Waals surface area contributed by atoms with Crippen LogP contribution < -0.4 is 4.90 Å². The third-order valence-electron chi connectivity index (χ3n) is 4.27. The maximum absolute atomic E-state index is 12.9. The van der Waals surface area contributed by atoms with Crippen LogP contribution in [0, 0.1) is 10.1 Å². The number of nitro benzene ring substituents is 1. The van der Waals surface area contributed by atoms with E-state index in [4.69, 9.17) is 11.6 Å². The highest BCUT2D eigenvalue weighted by atomic mass is 35.5. The largest absolute Gasteiger partial charge is 0.418 e. The molecule has 0 radical (unpaired) electrons. The maximum atomic E-state index is 12.9. The van der Waals surface area contributed by atoms with Crippen molar-refractivity contribution in [1.82, 2.24) is 9.78 Å². The fraction of sp³-hybridized carbons (Fsp3) is 0.400. The van der Waals surface area contributed by atoms with Crippen LogP contribution in [0.25, 0.3) is 0 Å². The first-order valence-electron chi connectivity index (χ1n) is 7.56. The molecule has 0 atom stereocenters. The average molecular weight is 375 g/mol. The molecule has 0 bridgehead atoms. The van der Waals surface area contributed by atoms with E-state index in [1.165, 1.54) is 0 Å². The fourth-order valence-electron chi connectivity index (χ4n) is 3.04. The van der Waals surface area contributed by atoms with Crippen LogP contribution in [0.5, 0.6) is 0 Å². The lowest BCUT2D eigenvalue weighted by Crippen LogP contribution is -2.35. The van der Waals surface area contributed by atoms with Crippen molar-refractivity contribution in [3.8, 4) is 0 Å². The van der Waals surface area contributed by atoms with Gasteiger partial charge in [-0.3, -0.25) is 14.8 Å². The Balaban J connectivity index is 1.87. The Morgan fingerprint density at radius 1 is 1.28 bits per heavy atom. The number of anilines is 1. The van der Waals surface area contributed by atoms with Crippen LogP contribution in [0.15, 0.2) is 30.6 Å². The molecule has 2 aromatic rings. The maximum Gasteiger partial charge on any atom is 0.418 e. The van der Waals surface area contributed by atoms with Gasteiger partial charge in [-0.05, 0) is 25.0 Å². The second-order valence-electron chi connectivity index (χ2n) is 5.78. The van der Waals surface area contributed by atoms with Gasteiger partial charge < -0.3 is 4.90 Å². The summed E-state index contributed by atoms with van der Waals surface area (Å²) in [6.45, 7) is 0.931. The van der Waals surface area contributed by atoms with E-state index in [1.807, 2.05) is 16.9 Å². The van der Waals surface area contributed by atoms with Gasteiger partial charge in [-0.25, -0.2) is 0 Å². The van der Waals surface area contributed by atoms with E-state index in [2.05, 4.69) is 5.10 Å². The van der Waals surface area contributed by atoms with Gasteiger partial charge in [-0.15, -0.1) is 0 Å². The minimum Gasteiger partial charge on any atom is -0.366 e. The highest BCUT2D eigenvalue weighted by Crippen LogP contribution is 2.42. The van der Waals surface area contributed by atoms with Crippen molar-refractivity contribution in [2.24, 2.45) is 0 Å². The van der Waals surface area contributed by atoms with Gasteiger partial charge in [0.05, 0.1) is 21.6 Å². The van der Waals surface area contributed by atoms with Crippen LogP contribution in [0.2, 0.25) is 5.02 Å². The molecule has 2 heterocycles. The number of benzene rings is 1. The molecule has 1 saturated heterocycles. The van der Waals surface area contributed by atoms with Crippen LogP contribution in [-0.2, 0) is 6.18 Å². The van der Waals surface area contributed by atoms with Gasteiger partial charge in [0, 0.05) is 31.5 Å². The number of halogens is 4. The standard InChI is InChI=1S/C15H14ClF3N4O2/c16-12-9-13(14(23(24)25)8-11(12)15(17,18)19)21-6-2-10(3-7-21)22-5-1-4-20-22/h1,4-5,8-10H,2-3,6-7H2. The van der Waals surface area contributed by atoms with Gasteiger partial charge in [0.25, 0.3) is 5.69 Å². The summed E-state index contributed by atoms with van der Waals surface area (Å²) in [5.41, 5.74) is -1.67. The summed E-state index contributed by atoms with van der Waals surface area (Å²) >= 11 is 5.74. The van der Waals surface area contributed by atoms with Crippen LogP contribution in [0.4, 0.5) is 24.5 Å². The van der Waals surface area contributed by atoms with Gasteiger partial charge in [-0.2, -0.15) is 18.3 Å². The fourth-order valence-corrected chi connectivity index (χ4v) is 3.30. The molecule has 25 heavy (non-hydrogen) atoms. The molecule has 1 fully saturated rings. The normalized spacial score (nSPS) is 16.2. The molecule has 1 aromatic heterocycles. The van der Waals surface area contributed by atoms with Crippen LogP contribution >= 0.6 is 11.6 Å². The predicted molar refractivity (Wildman–Crippen MR) is 85.8 cm³/mol. The summed E-state index contributed by atoms with van der Waals surface area (Å²) in [7, 11) is 0. The first-order valence-corrected chi connectivity index (χ1v) is 7.94. The molecule has 0 aliphatic carbocycles. The summed E-state index contributed by atoms with van der Waals surface area (Å²) in [4.78, 5) is 12.2. The van der Waals surface area contributed by atoms with Gasteiger partial charge >= 0.3 is 6.18 Å². The molecule has 0 unspecified atom stereocenters. The van der Waals surface area contributed by atoms with E-state index in [9.17, 15) is 23.3 Å². The van der Waals surface area contributed by atoms with Gasteiger partial charge in [0.2, 0.25) is 0 Å². The Labute approximate surface area is 145 Å². The van der Waals surface area contributed by atoms with Crippen molar-refractivity contribution in [3.63, 3.8) is 0 Å². The molecule has 10 heteroatoms. The molecule has 6 nitrogen and oxygen atoms in total. The highest BCUT2D eigenvalue weighted by molar-refractivity contribution is 6.31. The molecule has 1 aliphatic rings. The average Bonchev–Trinajstić information content (AvgIpc) is 3.07. The van der Waals surface area contributed by atoms with E-state index in [1.54, 1.807) is 11.1 Å². The predicted octanol–water partition coefficient (Wildman–Crippen LogP) is 4.31. The summed E-state index contributed by atoms with van der Waals surface area (Å²) in [6.07, 6.45) is 0.132. The molecule has 1 aromatic carbocycles. The monoisotopic (exact) mass is 374 g/mol. The Hall–Kier alpha value is -2.29. The zero-order valence-corrected chi connectivity index (χ0v) is 13.7. The van der Waals surface area contributed by atoms with Crippen molar-refractivity contribution in [2.75, 3.05) is 18.0 Å². The van der Waals surface area contributed by atoms with Crippen molar-refractivity contribution in [3.05, 3.63) is 51.3 Å². The molecular weight excluding hydrogens is 361 g/mol. The Morgan fingerprint density at radius 3 is 2.48 bits per heavy atom. The summed E-state index contributed by atoms with van der Waals surface area (Å²) in [5, 5.41) is 14.9. The first-order chi connectivity index (χ1) is 11.8. The zero-order chi connectivity index (χ0) is 18.2. The highest BCUT2D eigenvalue weighted by Gasteiger charge is 2.37. The van der Waals surface area contributed by atoms with Crippen LogP contribution in [-0.4, -0.2) is 27.8 Å². The van der Waals surface area contributed by atoms with E-state index >= 15 is 0 Å². The van der Waals surface area contributed by atoms with Gasteiger partial charge in [0.15, 0.2) is 0 Å². The van der Waals surface area contributed by atoms with Gasteiger partial charge in [-0.1, -0.05) is 11.6 Å². The number of aromatic nitrogens is 2. The molecule has 0 amide bonds. The Morgan fingerprint density at radius 2 is 1.96 bits per heavy atom. The van der Waals surface area contributed by atoms with Crippen molar-refractivity contribution >= 4 is 23.0 Å². The lowest BCUT2D eigenvalue weighted by molar-refractivity contribution is -0.384. The number of nitro groups is 1. The van der Waals surface area contributed by atoms with Crippen LogP contribution in [0.1, 0.15) is 24.4 Å². The van der Waals surface area contributed by atoms with E-state index in [0.717, 1.165) is 6.07 Å². The number of hydrogen-bond donors (Lipinski definition) is 0. The molecule has 0 spiro atoms. The molecule has 0 saturated carbocycles. The molecule has 134 valence electrons. The minimum atomic E-state index is -4.74. The quantitative estimate of drug-likeness (QED) is 0.593. The third kappa shape index (κ3) is 3.55. The molecule has 1 aliphatic heterocycles. The Kier molecular flexibility index (Phi) is 4.59. The van der Waals surface area contributed by atoms with Crippen molar-refractivity contribution < 1.29 is 18.1 Å². The Bertz CT molecular complexity index is 772. The number of nitrogens with zero attached hydrogens (tertiary/aromatic N) is 4. The molecule has 0 N–H and O–H groups in total. The van der Waals surface area contributed by atoms with Crippen molar-refractivity contribution in [2.45, 2.75) is 25.1 Å². The smallest absolute Gasteiger partial charge is 0.366 e. The first kappa shape index (κ1) is 17.5. The second kappa shape index (κ2) is 6.55. The van der Waals surface area contributed by atoms with E-state index in [0.29, 0.717) is 32.0 Å². The number of alkyl halides is 3. The SMILES string of the molecule is O=[N+]([O-])c1cc(C(F)(F)F)c(Cl)cc1N1CCC(n2cccn2)CC1. The summed E-state index contributed by atoms with van der Waals surface area (Å²) in [6, 6.07) is 3.52. The van der Waals surface area contributed by atoms with E-state index in [-0.39, 0.29) is 11.7 Å².